The number of benzene rings is 2. The lowest BCUT2D eigenvalue weighted by Crippen LogP contribution is -2.21. The Morgan fingerprint density at radius 2 is 1.75 bits per heavy atom. The van der Waals surface area contributed by atoms with Gasteiger partial charge in [0.15, 0.2) is 0 Å². The first-order valence-corrected chi connectivity index (χ1v) is 6.15. The maximum absolute atomic E-state index is 13.9. The number of aromatic nitrogens is 1. The van der Waals surface area contributed by atoms with Crippen LogP contribution in [0.3, 0.4) is 0 Å². The lowest BCUT2D eigenvalue weighted by molar-refractivity contribution is 0.626. The highest BCUT2D eigenvalue weighted by molar-refractivity contribution is 5.83. The molecule has 0 fully saturated rings. The van der Waals surface area contributed by atoms with Gasteiger partial charge in [0, 0.05) is 5.69 Å². The monoisotopic (exact) mass is 271 g/mol. The van der Waals surface area contributed by atoms with Crippen LogP contribution in [0.2, 0.25) is 0 Å². The molecule has 0 bridgehead atoms. The first kappa shape index (κ1) is 12.5. The van der Waals surface area contributed by atoms with Crippen molar-refractivity contribution in [2.24, 2.45) is 0 Å². The van der Waals surface area contributed by atoms with Crippen molar-refractivity contribution in [2.75, 3.05) is 0 Å². The molecule has 0 unspecified atom stereocenters. The number of fused-ring (bicyclic) bond motifs is 1. The highest BCUT2D eigenvalue weighted by Gasteiger charge is 2.12. The van der Waals surface area contributed by atoms with Crippen LogP contribution in [0.15, 0.2) is 53.3 Å². The third-order valence-corrected chi connectivity index (χ3v) is 3.25. The maximum Gasteiger partial charge on any atom is 0.266 e. The van der Waals surface area contributed by atoms with E-state index in [-0.39, 0.29) is 5.39 Å². The summed E-state index contributed by atoms with van der Waals surface area (Å²) in [6.45, 7) is 1.73. The predicted molar refractivity (Wildman–Crippen MR) is 74.2 cm³/mol. The van der Waals surface area contributed by atoms with E-state index in [1.807, 2.05) is 0 Å². The zero-order valence-corrected chi connectivity index (χ0v) is 10.7. The third kappa shape index (κ3) is 1.90. The summed E-state index contributed by atoms with van der Waals surface area (Å²) in [7, 11) is 0. The maximum atomic E-state index is 13.9. The first-order chi connectivity index (χ1) is 9.58. The zero-order valence-electron chi connectivity index (χ0n) is 10.7. The predicted octanol–water partition coefficient (Wildman–Crippen LogP) is 3.58. The van der Waals surface area contributed by atoms with Gasteiger partial charge in [-0.1, -0.05) is 18.2 Å². The van der Waals surface area contributed by atoms with Crippen molar-refractivity contribution in [1.82, 2.24) is 4.57 Å². The van der Waals surface area contributed by atoms with Gasteiger partial charge in [0.25, 0.3) is 5.56 Å². The molecular weight excluding hydrogens is 260 g/mol. The average molecular weight is 271 g/mol. The Morgan fingerprint density at radius 3 is 2.50 bits per heavy atom. The lowest BCUT2D eigenvalue weighted by atomic mass is 10.1. The molecule has 100 valence electrons. The Hall–Kier alpha value is -2.49. The van der Waals surface area contributed by atoms with Crippen LogP contribution in [0.25, 0.3) is 16.5 Å². The van der Waals surface area contributed by atoms with Crippen molar-refractivity contribution >= 4 is 10.8 Å². The highest BCUT2D eigenvalue weighted by atomic mass is 19.1. The minimum Gasteiger partial charge on any atom is -0.281 e. The molecule has 0 saturated heterocycles. The second-order valence-corrected chi connectivity index (χ2v) is 4.61. The van der Waals surface area contributed by atoms with Gasteiger partial charge in [-0.2, -0.15) is 0 Å². The molecule has 1 heterocycles. The van der Waals surface area contributed by atoms with Crippen molar-refractivity contribution in [3.63, 3.8) is 0 Å². The highest BCUT2D eigenvalue weighted by Crippen LogP contribution is 2.18. The van der Waals surface area contributed by atoms with Gasteiger partial charge in [0.2, 0.25) is 0 Å². The van der Waals surface area contributed by atoms with Crippen molar-refractivity contribution < 1.29 is 8.78 Å². The summed E-state index contributed by atoms with van der Waals surface area (Å²) in [5, 5.41) is 0.558. The minimum atomic E-state index is -0.572. The topological polar surface area (TPSA) is 22.0 Å². The van der Waals surface area contributed by atoms with E-state index in [1.54, 1.807) is 31.2 Å². The molecule has 20 heavy (non-hydrogen) atoms. The van der Waals surface area contributed by atoms with E-state index in [1.165, 1.54) is 28.8 Å². The molecule has 0 spiro atoms. The number of rotatable bonds is 1. The summed E-state index contributed by atoms with van der Waals surface area (Å²) in [6, 6.07) is 11.9. The molecule has 4 heteroatoms. The van der Waals surface area contributed by atoms with E-state index < -0.39 is 17.2 Å². The van der Waals surface area contributed by atoms with E-state index in [0.29, 0.717) is 16.8 Å². The first-order valence-electron chi connectivity index (χ1n) is 6.15. The largest absolute Gasteiger partial charge is 0.281 e. The standard InChI is InChI=1S/C16H11F2NO/c1-10-8-11-4-2-7-14(18)15(11)16(20)19(10)13-6-3-5-12(17)9-13/h2-9H,1H3. The molecule has 0 saturated carbocycles. The molecule has 0 atom stereocenters. The van der Waals surface area contributed by atoms with E-state index >= 15 is 0 Å². The van der Waals surface area contributed by atoms with Crippen LogP contribution in [-0.4, -0.2) is 4.57 Å². The van der Waals surface area contributed by atoms with Gasteiger partial charge in [-0.25, -0.2) is 8.78 Å². The van der Waals surface area contributed by atoms with Crippen molar-refractivity contribution in [2.45, 2.75) is 6.92 Å². The molecule has 2 nitrogen and oxygen atoms in total. The molecule has 3 rings (SSSR count). The Morgan fingerprint density at radius 1 is 1.00 bits per heavy atom. The average Bonchev–Trinajstić information content (AvgIpc) is 2.38. The molecule has 0 aliphatic rings. The zero-order chi connectivity index (χ0) is 14.3. The van der Waals surface area contributed by atoms with Gasteiger partial charge in [0.1, 0.15) is 11.6 Å². The van der Waals surface area contributed by atoms with Gasteiger partial charge in [-0.3, -0.25) is 9.36 Å². The fourth-order valence-electron chi connectivity index (χ4n) is 2.38. The molecule has 0 aliphatic carbocycles. The summed E-state index contributed by atoms with van der Waals surface area (Å²) in [6.07, 6.45) is 0. The van der Waals surface area contributed by atoms with E-state index in [2.05, 4.69) is 0 Å². The van der Waals surface area contributed by atoms with E-state index in [0.717, 1.165) is 0 Å². The van der Waals surface area contributed by atoms with Crippen LogP contribution in [-0.2, 0) is 0 Å². The van der Waals surface area contributed by atoms with Gasteiger partial charge < -0.3 is 0 Å². The normalized spacial score (nSPS) is 10.9. The van der Waals surface area contributed by atoms with Crippen LogP contribution >= 0.6 is 0 Å². The van der Waals surface area contributed by atoms with E-state index in [4.69, 9.17) is 0 Å². The number of hydrogen-bond acceptors (Lipinski definition) is 1. The smallest absolute Gasteiger partial charge is 0.266 e. The summed E-state index contributed by atoms with van der Waals surface area (Å²) in [5.74, 6) is -1.01. The molecule has 0 radical (unpaired) electrons. The number of hydrogen-bond donors (Lipinski definition) is 0. The molecule has 0 N–H and O–H groups in total. The summed E-state index contributed by atoms with van der Waals surface area (Å²) in [4.78, 5) is 12.5. The van der Waals surface area contributed by atoms with Crippen LogP contribution < -0.4 is 5.56 Å². The van der Waals surface area contributed by atoms with Gasteiger partial charge in [0.05, 0.1) is 11.1 Å². The fourth-order valence-corrected chi connectivity index (χ4v) is 2.38. The molecule has 0 amide bonds. The summed E-state index contributed by atoms with van der Waals surface area (Å²) >= 11 is 0. The molecular formula is C16H11F2NO. The Labute approximate surface area is 113 Å². The summed E-state index contributed by atoms with van der Waals surface area (Å²) in [5.41, 5.74) is 0.528. The molecule has 0 aliphatic heterocycles. The number of nitrogens with zero attached hydrogens (tertiary/aromatic N) is 1. The number of aryl methyl sites for hydroxylation is 1. The Kier molecular flexibility index (Phi) is 2.86. The minimum absolute atomic E-state index is 0.0161. The van der Waals surface area contributed by atoms with Gasteiger partial charge in [-0.05, 0) is 42.6 Å². The molecule has 3 aromatic rings. The van der Waals surface area contributed by atoms with Crippen LogP contribution in [0.1, 0.15) is 5.69 Å². The molecule has 2 aromatic carbocycles. The quantitative estimate of drug-likeness (QED) is 0.663. The fraction of sp³-hybridized carbons (Fsp3) is 0.0625. The van der Waals surface area contributed by atoms with Crippen molar-refractivity contribution in [3.05, 3.63) is 76.2 Å². The second-order valence-electron chi connectivity index (χ2n) is 4.61. The Bertz CT molecular complexity index is 868. The van der Waals surface area contributed by atoms with Gasteiger partial charge >= 0.3 is 0 Å². The Balaban J connectivity index is 2.43. The van der Waals surface area contributed by atoms with Crippen LogP contribution in [0.4, 0.5) is 8.78 Å². The van der Waals surface area contributed by atoms with E-state index in [9.17, 15) is 13.6 Å². The SMILES string of the molecule is Cc1cc2cccc(F)c2c(=O)n1-c1cccc(F)c1. The second kappa shape index (κ2) is 4.56. The summed E-state index contributed by atoms with van der Waals surface area (Å²) < 4.78 is 28.5. The molecule has 1 aromatic heterocycles. The third-order valence-electron chi connectivity index (χ3n) is 3.25. The van der Waals surface area contributed by atoms with Crippen molar-refractivity contribution in [3.8, 4) is 5.69 Å². The van der Waals surface area contributed by atoms with Crippen LogP contribution in [0.5, 0.6) is 0 Å². The number of halogens is 2. The van der Waals surface area contributed by atoms with Crippen LogP contribution in [0, 0.1) is 18.6 Å². The van der Waals surface area contributed by atoms with Crippen molar-refractivity contribution in [1.29, 1.82) is 0 Å². The number of pyridine rings is 1. The van der Waals surface area contributed by atoms with Gasteiger partial charge in [-0.15, -0.1) is 0 Å². The lowest BCUT2D eigenvalue weighted by Gasteiger charge is -2.12.